The smallest absolute Gasteiger partial charge is 0.328 e. The largest absolute Gasteiger partial charge is 0.467 e. The number of carbonyl (C=O) groups is 2. The third-order valence-corrected chi connectivity index (χ3v) is 2.51. The molecule has 0 unspecified atom stereocenters. The van der Waals surface area contributed by atoms with Gasteiger partial charge in [-0.1, -0.05) is 11.6 Å². The van der Waals surface area contributed by atoms with Gasteiger partial charge in [-0.2, -0.15) is 0 Å². The van der Waals surface area contributed by atoms with E-state index in [1.807, 2.05) is 19.9 Å². The molecule has 1 aliphatic rings. The quantitative estimate of drug-likeness (QED) is 0.568. The summed E-state index contributed by atoms with van der Waals surface area (Å²) in [6.07, 6.45) is 4.28. The van der Waals surface area contributed by atoms with Crippen molar-refractivity contribution in [3.63, 3.8) is 0 Å². The average molecular weight is 225 g/mol. The van der Waals surface area contributed by atoms with Crippen LogP contribution in [0.4, 0.5) is 0 Å². The highest BCUT2D eigenvalue weighted by Gasteiger charge is 2.32. The molecule has 1 atom stereocenters. The second-order valence-electron chi connectivity index (χ2n) is 4.38. The molecule has 4 nitrogen and oxygen atoms in total. The topological polar surface area (TPSA) is 55.4 Å². The molecule has 0 saturated heterocycles. The molecule has 16 heavy (non-hydrogen) atoms. The number of ether oxygens (including phenoxy) is 1. The number of amides is 1. The number of hydrogen-bond donors (Lipinski definition) is 1. The van der Waals surface area contributed by atoms with E-state index in [0.29, 0.717) is 6.42 Å². The molecule has 0 aromatic carbocycles. The zero-order chi connectivity index (χ0) is 12.1. The molecule has 1 aliphatic carbocycles. The van der Waals surface area contributed by atoms with Crippen LogP contribution < -0.4 is 5.32 Å². The summed E-state index contributed by atoms with van der Waals surface area (Å²) in [4.78, 5) is 23.0. The first-order chi connectivity index (χ1) is 7.54. The van der Waals surface area contributed by atoms with Crippen molar-refractivity contribution in [2.75, 3.05) is 7.11 Å². The second kappa shape index (κ2) is 5.68. The van der Waals surface area contributed by atoms with Crippen LogP contribution in [0.3, 0.4) is 0 Å². The number of allylic oxidation sites excluding steroid dienone is 1. The molecular formula is C12H19NO3. The Bertz CT molecular complexity index is 301. The van der Waals surface area contributed by atoms with E-state index in [2.05, 4.69) is 10.1 Å². The van der Waals surface area contributed by atoms with E-state index in [-0.39, 0.29) is 17.8 Å². The first-order valence-corrected chi connectivity index (χ1v) is 5.56. The lowest BCUT2D eigenvalue weighted by Crippen LogP contribution is -2.41. The van der Waals surface area contributed by atoms with Crippen LogP contribution in [0, 0.1) is 5.92 Å². The Morgan fingerprint density at radius 1 is 1.44 bits per heavy atom. The highest BCUT2D eigenvalue weighted by Crippen LogP contribution is 2.29. The maximum absolute atomic E-state index is 11.5. The van der Waals surface area contributed by atoms with E-state index in [4.69, 9.17) is 0 Å². The van der Waals surface area contributed by atoms with E-state index < -0.39 is 6.04 Å². The molecular weight excluding hydrogens is 206 g/mol. The lowest BCUT2D eigenvalue weighted by Gasteiger charge is -2.14. The third kappa shape index (κ3) is 4.04. The number of esters is 1. The monoisotopic (exact) mass is 225 g/mol. The van der Waals surface area contributed by atoms with E-state index in [0.717, 1.165) is 18.4 Å². The Hall–Kier alpha value is -1.32. The number of carbonyl (C=O) groups excluding carboxylic acids is 2. The number of nitrogens with one attached hydrogen (secondary N) is 1. The lowest BCUT2D eigenvalue weighted by atomic mass is 10.1. The van der Waals surface area contributed by atoms with E-state index in [1.165, 1.54) is 7.11 Å². The van der Waals surface area contributed by atoms with Gasteiger partial charge in [0.15, 0.2) is 0 Å². The normalized spacial score (nSPS) is 16.2. The molecule has 0 aromatic rings. The molecule has 0 bridgehead atoms. The van der Waals surface area contributed by atoms with Gasteiger partial charge >= 0.3 is 5.97 Å². The second-order valence-corrected chi connectivity index (χ2v) is 4.38. The Labute approximate surface area is 96.0 Å². The zero-order valence-electron chi connectivity index (χ0n) is 10.1. The average Bonchev–Trinajstić information content (AvgIpc) is 3.06. The van der Waals surface area contributed by atoms with Gasteiger partial charge in [0.1, 0.15) is 6.04 Å². The summed E-state index contributed by atoms with van der Waals surface area (Å²) in [5.74, 6) is -0.303. The predicted octanol–water partition coefficient (Wildman–Crippen LogP) is 1.41. The van der Waals surface area contributed by atoms with Crippen LogP contribution in [-0.2, 0) is 14.3 Å². The van der Waals surface area contributed by atoms with Crippen molar-refractivity contribution in [3.05, 3.63) is 11.6 Å². The molecule has 0 radical (unpaired) electrons. The van der Waals surface area contributed by atoms with Crippen LogP contribution in [0.15, 0.2) is 11.6 Å². The van der Waals surface area contributed by atoms with Crippen molar-refractivity contribution in [1.29, 1.82) is 0 Å². The summed E-state index contributed by atoms with van der Waals surface area (Å²) in [6, 6.07) is -0.548. The van der Waals surface area contributed by atoms with Crippen LogP contribution >= 0.6 is 0 Å². The Morgan fingerprint density at radius 2 is 2.06 bits per heavy atom. The lowest BCUT2D eigenvalue weighted by molar-refractivity contribution is -0.145. The molecule has 1 N–H and O–H groups in total. The molecule has 0 aliphatic heterocycles. The maximum Gasteiger partial charge on any atom is 0.328 e. The standard InChI is InChI=1S/C12H19NO3/c1-8(2)4-7-10(12(15)16-3)13-11(14)9-5-6-9/h4,9-10H,5-7H2,1-3H3,(H,13,14)/t10-/m0/s1. The molecule has 1 rings (SSSR count). The SMILES string of the molecule is COC(=O)[C@H](CC=C(C)C)NC(=O)C1CC1. The van der Waals surface area contributed by atoms with Crippen molar-refractivity contribution in [2.24, 2.45) is 5.92 Å². The molecule has 90 valence electrons. The van der Waals surface area contributed by atoms with Gasteiger partial charge in [-0.15, -0.1) is 0 Å². The molecule has 0 aromatic heterocycles. The third-order valence-electron chi connectivity index (χ3n) is 2.51. The minimum absolute atomic E-state index is 0.0300. The number of hydrogen-bond acceptors (Lipinski definition) is 3. The molecule has 1 fully saturated rings. The fraction of sp³-hybridized carbons (Fsp3) is 0.667. The summed E-state index contributed by atoms with van der Waals surface area (Å²) in [5, 5.41) is 2.73. The van der Waals surface area contributed by atoms with Gasteiger partial charge in [-0.25, -0.2) is 4.79 Å². The van der Waals surface area contributed by atoms with Gasteiger partial charge in [0.05, 0.1) is 7.11 Å². The summed E-state index contributed by atoms with van der Waals surface area (Å²) in [5.41, 5.74) is 1.12. The van der Waals surface area contributed by atoms with Gasteiger partial charge in [0.25, 0.3) is 0 Å². The minimum atomic E-state index is -0.548. The highest BCUT2D eigenvalue weighted by atomic mass is 16.5. The summed E-state index contributed by atoms with van der Waals surface area (Å²) in [7, 11) is 1.33. The van der Waals surface area contributed by atoms with Crippen LogP contribution in [-0.4, -0.2) is 25.0 Å². The molecule has 4 heteroatoms. The number of methoxy groups -OCH3 is 1. The van der Waals surface area contributed by atoms with Crippen molar-refractivity contribution < 1.29 is 14.3 Å². The minimum Gasteiger partial charge on any atom is -0.467 e. The molecule has 0 spiro atoms. The fourth-order valence-electron chi connectivity index (χ4n) is 1.34. The maximum atomic E-state index is 11.5. The predicted molar refractivity (Wildman–Crippen MR) is 60.7 cm³/mol. The van der Waals surface area contributed by atoms with E-state index in [1.54, 1.807) is 0 Å². The van der Waals surface area contributed by atoms with Gasteiger partial charge in [0, 0.05) is 5.92 Å². The van der Waals surface area contributed by atoms with Gasteiger partial charge in [-0.05, 0) is 33.1 Å². The van der Waals surface area contributed by atoms with Crippen molar-refractivity contribution in [3.8, 4) is 0 Å². The van der Waals surface area contributed by atoms with Gasteiger partial charge < -0.3 is 10.1 Å². The summed E-state index contributed by atoms with van der Waals surface area (Å²) in [6.45, 7) is 3.91. The number of rotatable bonds is 5. The molecule has 1 amide bonds. The van der Waals surface area contributed by atoms with E-state index in [9.17, 15) is 9.59 Å². The Morgan fingerprint density at radius 3 is 2.50 bits per heavy atom. The van der Waals surface area contributed by atoms with Crippen LogP contribution in [0.5, 0.6) is 0 Å². The summed E-state index contributed by atoms with van der Waals surface area (Å²) >= 11 is 0. The first-order valence-electron chi connectivity index (χ1n) is 5.56. The van der Waals surface area contributed by atoms with Gasteiger partial charge in [0.2, 0.25) is 5.91 Å². The Kier molecular flexibility index (Phi) is 4.52. The molecule has 1 saturated carbocycles. The zero-order valence-corrected chi connectivity index (χ0v) is 10.1. The van der Waals surface area contributed by atoms with Crippen molar-refractivity contribution in [2.45, 2.75) is 39.2 Å². The summed E-state index contributed by atoms with van der Waals surface area (Å²) < 4.78 is 4.66. The van der Waals surface area contributed by atoms with Crippen molar-refractivity contribution >= 4 is 11.9 Å². The van der Waals surface area contributed by atoms with Gasteiger partial charge in [-0.3, -0.25) is 4.79 Å². The fourth-order valence-corrected chi connectivity index (χ4v) is 1.34. The van der Waals surface area contributed by atoms with Crippen LogP contribution in [0.2, 0.25) is 0 Å². The van der Waals surface area contributed by atoms with Crippen LogP contribution in [0.1, 0.15) is 33.1 Å². The first kappa shape index (κ1) is 12.7. The molecule has 0 heterocycles. The highest BCUT2D eigenvalue weighted by molar-refractivity contribution is 5.87. The van der Waals surface area contributed by atoms with E-state index >= 15 is 0 Å². The van der Waals surface area contributed by atoms with Crippen LogP contribution in [0.25, 0.3) is 0 Å². The van der Waals surface area contributed by atoms with Crippen molar-refractivity contribution in [1.82, 2.24) is 5.32 Å². The Balaban J connectivity index is 2.52.